The highest BCUT2D eigenvalue weighted by molar-refractivity contribution is 7.86. The molecular weight excluding hydrogens is 313 g/mol. The molecule has 0 spiro atoms. The van der Waals surface area contributed by atoms with E-state index >= 15 is 0 Å². The van der Waals surface area contributed by atoms with Crippen LogP contribution in [0.3, 0.4) is 0 Å². The van der Waals surface area contributed by atoms with E-state index in [1.54, 1.807) is 6.92 Å². The second kappa shape index (κ2) is 5.34. The van der Waals surface area contributed by atoms with Gasteiger partial charge in [0.15, 0.2) is 0 Å². The molecule has 2 unspecified atom stereocenters. The summed E-state index contributed by atoms with van der Waals surface area (Å²) < 4.78 is 50.6. The second-order valence-corrected chi connectivity index (χ2v) is 8.46. The van der Waals surface area contributed by atoms with Crippen LogP contribution in [0.5, 0.6) is 0 Å². The number of benzene rings is 1. The van der Waals surface area contributed by atoms with Gasteiger partial charge in [0.25, 0.3) is 0 Å². The van der Waals surface area contributed by atoms with Gasteiger partial charge in [-0.15, -0.1) is 0 Å². The van der Waals surface area contributed by atoms with Crippen molar-refractivity contribution in [2.75, 3.05) is 0 Å². The van der Waals surface area contributed by atoms with Gasteiger partial charge in [0.2, 0.25) is 0 Å². The molecule has 2 aliphatic rings. The summed E-state index contributed by atoms with van der Waals surface area (Å²) >= 11 is 0. The molecular formula is C16H19F3O2S. The van der Waals surface area contributed by atoms with Crippen LogP contribution < -0.4 is 0 Å². The van der Waals surface area contributed by atoms with Crippen LogP contribution in [-0.2, 0) is 22.6 Å². The van der Waals surface area contributed by atoms with Crippen LogP contribution in [-0.4, -0.2) is 19.8 Å². The van der Waals surface area contributed by atoms with Gasteiger partial charge in [0, 0.05) is 21.3 Å². The van der Waals surface area contributed by atoms with Crippen LogP contribution >= 0.6 is 0 Å². The standard InChI is InChI=1S/C16H19F3O2S/c1-10-7-11(16(17,18)19)5-6-14(10)15(20)8-12-3-2-4-13(9-15)22(12)21/h5-7,12-13,20H,2-4,8-9H2,1H3. The molecule has 122 valence electrons. The topological polar surface area (TPSA) is 37.3 Å². The molecule has 0 radical (unpaired) electrons. The Kier molecular flexibility index (Phi) is 3.88. The first-order chi connectivity index (χ1) is 10.2. The molecule has 0 saturated carbocycles. The molecule has 0 amide bonds. The van der Waals surface area contributed by atoms with Crippen LogP contribution in [0.25, 0.3) is 0 Å². The van der Waals surface area contributed by atoms with E-state index in [4.69, 9.17) is 0 Å². The second-order valence-electron chi connectivity index (χ2n) is 6.47. The molecule has 2 atom stereocenters. The van der Waals surface area contributed by atoms with E-state index in [1.807, 2.05) is 0 Å². The summed E-state index contributed by atoms with van der Waals surface area (Å²) in [6.07, 6.45) is -0.958. The SMILES string of the molecule is Cc1cc(C(F)(F)F)ccc1C1(O)CC2CCCC(C1)S2=O. The lowest BCUT2D eigenvalue weighted by Crippen LogP contribution is -2.47. The van der Waals surface area contributed by atoms with Gasteiger partial charge < -0.3 is 5.11 Å². The predicted molar refractivity (Wildman–Crippen MR) is 78.9 cm³/mol. The quantitative estimate of drug-likeness (QED) is 0.852. The van der Waals surface area contributed by atoms with Crippen LogP contribution in [0.4, 0.5) is 13.2 Å². The van der Waals surface area contributed by atoms with E-state index in [1.165, 1.54) is 6.07 Å². The normalized spacial score (nSPS) is 35.4. The molecule has 22 heavy (non-hydrogen) atoms. The van der Waals surface area contributed by atoms with Crippen LogP contribution in [0, 0.1) is 6.92 Å². The van der Waals surface area contributed by atoms with E-state index in [0.29, 0.717) is 24.0 Å². The maximum atomic E-state index is 12.8. The zero-order chi connectivity index (χ0) is 16.1. The van der Waals surface area contributed by atoms with Gasteiger partial charge in [-0.05, 0) is 55.9 Å². The van der Waals surface area contributed by atoms with Crippen molar-refractivity contribution in [3.05, 3.63) is 34.9 Å². The summed E-state index contributed by atoms with van der Waals surface area (Å²) in [6, 6.07) is 3.51. The fourth-order valence-corrected chi connectivity index (χ4v) is 6.09. The minimum atomic E-state index is -4.38. The molecule has 1 aromatic carbocycles. The molecule has 3 rings (SSSR count). The van der Waals surface area contributed by atoms with Crippen molar-refractivity contribution in [3.8, 4) is 0 Å². The third-order valence-electron chi connectivity index (χ3n) is 4.90. The summed E-state index contributed by atoms with van der Waals surface area (Å²) in [4.78, 5) is 0. The lowest BCUT2D eigenvalue weighted by atomic mass is 9.78. The highest BCUT2D eigenvalue weighted by Gasteiger charge is 2.47. The molecule has 2 saturated heterocycles. The number of aliphatic hydroxyl groups is 1. The summed E-state index contributed by atoms with van der Waals surface area (Å²) in [5.74, 6) is 0. The van der Waals surface area contributed by atoms with Gasteiger partial charge in [-0.3, -0.25) is 4.21 Å². The lowest BCUT2D eigenvalue weighted by molar-refractivity contribution is -0.137. The Morgan fingerprint density at radius 1 is 1.23 bits per heavy atom. The maximum absolute atomic E-state index is 12.8. The number of aryl methyl sites for hydroxylation is 1. The molecule has 2 aliphatic heterocycles. The van der Waals surface area contributed by atoms with Crippen molar-refractivity contribution in [2.24, 2.45) is 0 Å². The minimum Gasteiger partial charge on any atom is -0.385 e. The smallest absolute Gasteiger partial charge is 0.385 e. The van der Waals surface area contributed by atoms with E-state index in [2.05, 4.69) is 0 Å². The molecule has 2 heterocycles. The van der Waals surface area contributed by atoms with Gasteiger partial charge in [-0.25, -0.2) is 0 Å². The molecule has 0 aromatic heterocycles. The number of hydrogen-bond acceptors (Lipinski definition) is 2. The molecule has 6 heteroatoms. The van der Waals surface area contributed by atoms with Gasteiger partial charge >= 0.3 is 6.18 Å². The largest absolute Gasteiger partial charge is 0.416 e. The molecule has 2 fully saturated rings. The third kappa shape index (κ3) is 2.71. The molecule has 1 N–H and O–H groups in total. The van der Waals surface area contributed by atoms with Crippen molar-refractivity contribution < 1.29 is 22.5 Å². The lowest BCUT2D eigenvalue weighted by Gasteiger charge is -2.44. The first-order valence-electron chi connectivity index (χ1n) is 7.51. The zero-order valence-electron chi connectivity index (χ0n) is 12.3. The summed E-state index contributed by atoms with van der Waals surface area (Å²) in [5, 5.41) is 10.9. The third-order valence-corrected chi connectivity index (χ3v) is 7.01. The van der Waals surface area contributed by atoms with Gasteiger partial charge in [0.05, 0.1) is 11.2 Å². The van der Waals surface area contributed by atoms with Gasteiger partial charge in [0.1, 0.15) is 0 Å². The number of alkyl halides is 3. The molecule has 2 bridgehead atoms. The van der Waals surface area contributed by atoms with Crippen molar-refractivity contribution in [1.29, 1.82) is 0 Å². The summed E-state index contributed by atoms with van der Waals surface area (Å²) in [7, 11) is -0.921. The fraction of sp³-hybridized carbons (Fsp3) is 0.625. The Morgan fingerprint density at radius 2 is 1.82 bits per heavy atom. The van der Waals surface area contributed by atoms with Gasteiger partial charge in [-0.1, -0.05) is 12.5 Å². The fourth-order valence-electron chi connectivity index (χ4n) is 3.86. The zero-order valence-corrected chi connectivity index (χ0v) is 13.1. The molecule has 0 aliphatic carbocycles. The Bertz CT molecular complexity index is 596. The average Bonchev–Trinajstić information content (AvgIpc) is 2.39. The number of halogens is 3. The van der Waals surface area contributed by atoms with Gasteiger partial charge in [-0.2, -0.15) is 13.2 Å². The van der Waals surface area contributed by atoms with Crippen LogP contribution in [0.2, 0.25) is 0 Å². The monoisotopic (exact) mass is 332 g/mol. The summed E-state index contributed by atoms with van der Waals surface area (Å²) in [5.41, 5.74) is -0.855. The molecule has 1 aromatic rings. The van der Waals surface area contributed by atoms with E-state index in [9.17, 15) is 22.5 Å². The highest BCUT2D eigenvalue weighted by atomic mass is 32.2. The van der Waals surface area contributed by atoms with E-state index in [0.717, 1.165) is 31.4 Å². The van der Waals surface area contributed by atoms with Crippen LogP contribution in [0.1, 0.15) is 48.8 Å². The number of fused-ring (bicyclic) bond motifs is 2. The first kappa shape index (κ1) is 16.0. The van der Waals surface area contributed by atoms with E-state index in [-0.39, 0.29) is 10.5 Å². The number of rotatable bonds is 1. The van der Waals surface area contributed by atoms with E-state index < -0.39 is 28.1 Å². The first-order valence-corrected chi connectivity index (χ1v) is 8.78. The Morgan fingerprint density at radius 3 is 2.32 bits per heavy atom. The predicted octanol–water partition coefficient (Wildman–Crippen LogP) is 3.67. The number of hydrogen-bond donors (Lipinski definition) is 1. The highest BCUT2D eigenvalue weighted by Crippen LogP contribution is 2.45. The van der Waals surface area contributed by atoms with Crippen molar-refractivity contribution in [2.45, 2.75) is 61.3 Å². The van der Waals surface area contributed by atoms with Crippen molar-refractivity contribution in [3.63, 3.8) is 0 Å². The Hall–Kier alpha value is -0.880. The van der Waals surface area contributed by atoms with Crippen molar-refractivity contribution in [1.82, 2.24) is 0 Å². The Balaban J connectivity index is 1.95. The van der Waals surface area contributed by atoms with Crippen LogP contribution in [0.15, 0.2) is 18.2 Å². The Labute approximate surface area is 130 Å². The maximum Gasteiger partial charge on any atom is 0.416 e. The molecule has 2 nitrogen and oxygen atoms in total. The summed E-state index contributed by atoms with van der Waals surface area (Å²) in [6.45, 7) is 1.60. The minimum absolute atomic E-state index is 0.0424. The average molecular weight is 332 g/mol. The van der Waals surface area contributed by atoms with Crippen molar-refractivity contribution >= 4 is 10.8 Å².